The fourth-order valence-electron chi connectivity index (χ4n) is 1.94. The molecule has 0 bridgehead atoms. The SMILES string of the molecule is O=C(O)CCCCc1cn(Cc2ccc(Cl)cc2F)nn1. The van der Waals surface area contributed by atoms with Crippen LogP contribution in [0.4, 0.5) is 4.39 Å². The minimum atomic E-state index is -0.795. The van der Waals surface area contributed by atoms with Crippen molar-refractivity contribution < 1.29 is 14.3 Å². The van der Waals surface area contributed by atoms with E-state index in [9.17, 15) is 9.18 Å². The van der Waals surface area contributed by atoms with Crippen LogP contribution in [0.15, 0.2) is 24.4 Å². The molecule has 0 saturated heterocycles. The number of aromatic nitrogens is 3. The van der Waals surface area contributed by atoms with E-state index < -0.39 is 5.97 Å². The number of halogens is 2. The smallest absolute Gasteiger partial charge is 0.303 e. The molecule has 0 aliphatic heterocycles. The highest BCUT2D eigenvalue weighted by atomic mass is 35.5. The molecule has 0 spiro atoms. The number of unbranched alkanes of at least 4 members (excludes halogenated alkanes) is 1. The van der Waals surface area contributed by atoms with Crippen molar-refractivity contribution in [3.8, 4) is 0 Å². The largest absolute Gasteiger partial charge is 0.481 e. The number of hydrogen-bond acceptors (Lipinski definition) is 3. The molecule has 0 radical (unpaired) electrons. The number of carbonyl (C=O) groups is 1. The molecule has 0 aliphatic carbocycles. The second-order valence-electron chi connectivity index (χ2n) is 4.74. The van der Waals surface area contributed by atoms with E-state index in [1.165, 1.54) is 6.07 Å². The maximum Gasteiger partial charge on any atom is 0.303 e. The zero-order valence-corrected chi connectivity index (χ0v) is 12.1. The molecule has 2 rings (SSSR count). The number of rotatable bonds is 7. The van der Waals surface area contributed by atoms with Crippen molar-refractivity contribution in [1.29, 1.82) is 0 Å². The molecule has 2 aromatic rings. The summed E-state index contributed by atoms with van der Waals surface area (Å²) >= 11 is 5.70. The van der Waals surface area contributed by atoms with Gasteiger partial charge in [-0.05, 0) is 31.4 Å². The maximum absolute atomic E-state index is 13.7. The fourth-order valence-corrected chi connectivity index (χ4v) is 2.10. The molecule has 0 fully saturated rings. The van der Waals surface area contributed by atoms with Crippen molar-refractivity contribution in [2.75, 3.05) is 0 Å². The van der Waals surface area contributed by atoms with Crippen LogP contribution in [0.5, 0.6) is 0 Å². The molecule has 1 N–H and O–H groups in total. The molecule has 112 valence electrons. The fraction of sp³-hybridized carbons (Fsp3) is 0.357. The van der Waals surface area contributed by atoms with Gasteiger partial charge < -0.3 is 5.11 Å². The van der Waals surface area contributed by atoms with Crippen molar-refractivity contribution >= 4 is 17.6 Å². The van der Waals surface area contributed by atoms with Gasteiger partial charge in [-0.3, -0.25) is 4.79 Å². The Balaban J connectivity index is 1.89. The molecular formula is C14H15ClFN3O2. The quantitative estimate of drug-likeness (QED) is 0.798. The first-order valence-corrected chi connectivity index (χ1v) is 6.97. The third-order valence-electron chi connectivity index (χ3n) is 3.01. The van der Waals surface area contributed by atoms with Crippen LogP contribution in [0.2, 0.25) is 5.02 Å². The monoisotopic (exact) mass is 311 g/mol. The van der Waals surface area contributed by atoms with Crippen molar-refractivity contribution in [3.63, 3.8) is 0 Å². The van der Waals surface area contributed by atoms with Crippen LogP contribution in [-0.2, 0) is 17.8 Å². The van der Waals surface area contributed by atoms with Crippen LogP contribution < -0.4 is 0 Å². The van der Waals surface area contributed by atoms with E-state index >= 15 is 0 Å². The molecule has 0 atom stereocenters. The van der Waals surface area contributed by atoms with Gasteiger partial charge in [-0.1, -0.05) is 22.9 Å². The highest BCUT2D eigenvalue weighted by Crippen LogP contribution is 2.15. The molecule has 5 nitrogen and oxygen atoms in total. The van der Waals surface area contributed by atoms with E-state index in [2.05, 4.69) is 10.3 Å². The first-order chi connectivity index (χ1) is 10.0. The predicted octanol–water partition coefficient (Wildman–Crippen LogP) is 2.92. The Morgan fingerprint density at radius 2 is 2.19 bits per heavy atom. The Labute approximate surface area is 126 Å². The summed E-state index contributed by atoms with van der Waals surface area (Å²) < 4.78 is 15.2. The first-order valence-electron chi connectivity index (χ1n) is 6.59. The minimum Gasteiger partial charge on any atom is -0.481 e. The van der Waals surface area contributed by atoms with Gasteiger partial charge in [0.15, 0.2) is 0 Å². The van der Waals surface area contributed by atoms with E-state index in [0.29, 0.717) is 23.4 Å². The summed E-state index contributed by atoms with van der Waals surface area (Å²) in [4.78, 5) is 10.4. The van der Waals surface area contributed by atoms with Gasteiger partial charge in [-0.25, -0.2) is 9.07 Å². The molecule has 0 unspecified atom stereocenters. The van der Waals surface area contributed by atoms with Crippen LogP contribution in [0.25, 0.3) is 0 Å². The zero-order chi connectivity index (χ0) is 15.2. The molecule has 7 heteroatoms. The summed E-state index contributed by atoms with van der Waals surface area (Å²) in [6.07, 6.45) is 3.91. The van der Waals surface area contributed by atoms with E-state index in [0.717, 1.165) is 12.1 Å². The van der Waals surface area contributed by atoms with Crippen LogP contribution in [0.1, 0.15) is 30.5 Å². The Morgan fingerprint density at radius 3 is 2.90 bits per heavy atom. The zero-order valence-electron chi connectivity index (χ0n) is 11.3. The second kappa shape index (κ2) is 7.17. The topological polar surface area (TPSA) is 68.0 Å². The van der Waals surface area contributed by atoms with Crippen LogP contribution >= 0.6 is 11.6 Å². The van der Waals surface area contributed by atoms with Crippen molar-refractivity contribution in [2.45, 2.75) is 32.2 Å². The second-order valence-corrected chi connectivity index (χ2v) is 5.18. The van der Waals surface area contributed by atoms with Gasteiger partial charge in [0.1, 0.15) is 5.82 Å². The van der Waals surface area contributed by atoms with Gasteiger partial charge in [0.25, 0.3) is 0 Å². The number of carboxylic acid groups (broad SMARTS) is 1. The lowest BCUT2D eigenvalue weighted by Crippen LogP contribution is -2.02. The number of aryl methyl sites for hydroxylation is 1. The summed E-state index contributed by atoms with van der Waals surface area (Å²) in [7, 11) is 0. The summed E-state index contributed by atoms with van der Waals surface area (Å²) in [6.45, 7) is 0.283. The van der Waals surface area contributed by atoms with E-state index in [1.54, 1.807) is 23.0 Å². The van der Waals surface area contributed by atoms with Gasteiger partial charge in [0.05, 0.1) is 12.2 Å². The highest BCUT2D eigenvalue weighted by molar-refractivity contribution is 6.30. The van der Waals surface area contributed by atoms with Crippen molar-refractivity contribution in [2.24, 2.45) is 0 Å². The average Bonchev–Trinajstić information content (AvgIpc) is 2.85. The molecule has 1 aromatic heterocycles. The molecule has 1 aromatic carbocycles. The third-order valence-corrected chi connectivity index (χ3v) is 3.24. The Morgan fingerprint density at radius 1 is 1.38 bits per heavy atom. The Hall–Kier alpha value is -1.95. The normalized spacial score (nSPS) is 10.8. The van der Waals surface area contributed by atoms with Gasteiger partial charge in [0.2, 0.25) is 0 Å². The Kier molecular flexibility index (Phi) is 5.27. The van der Waals surface area contributed by atoms with Crippen molar-refractivity contribution in [3.05, 3.63) is 46.5 Å². The van der Waals surface area contributed by atoms with Gasteiger partial charge in [-0.15, -0.1) is 5.10 Å². The van der Waals surface area contributed by atoms with E-state index in [4.69, 9.17) is 16.7 Å². The number of nitrogens with zero attached hydrogens (tertiary/aromatic N) is 3. The van der Waals surface area contributed by atoms with E-state index in [1.807, 2.05) is 0 Å². The van der Waals surface area contributed by atoms with Gasteiger partial charge in [-0.2, -0.15) is 0 Å². The number of hydrogen-bond donors (Lipinski definition) is 1. The summed E-state index contributed by atoms with van der Waals surface area (Å²) in [5, 5.41) is 16.8. The molecule has 0 aliphatic rings. The third kappa shape index (κ3) is 4.82. The highest BCUT2D eigenvalue weighted by Gasteiger charge is 2.06. The standard InChI is InChI=1S/C14H15ClFN3O2/c15-11-6-5-10(13(16)7-11)8-19-9-12(17-18-19)3-1-2-4-14(20)21/h5-7,9H,1-4,8H2,(H,20,21). The molecule has 21 heavy (non-hydrogen) atoms. The van der Waals surface area contributed by atoms with E-state index in [-0.39, 0.29) is 18.8 Å². The Bertz CT molecular complexity index is 630. The van der Waals surface area contributed by atoms with Crippen molar-refractivity contribution in [1.82, 2.24) is 15.0 Å². The number of aliphatic carboxylic acids is 1. The number of benzene rings is 1. The lowest BCUT2D eigenvalue weighted by atomic mass is 10.1. The first kappa shape index (κ1) is 15.4. The molecule has 0 saturated carbocycles. The lowest BCUT2D eigenvalue weighted by molar-refractivity contribution is -0.137. The predicted molar refractivity (Wildman–Crippen MR) is 75.7 cm³/mol. The van der Waals surface area contributed by atoms with Crippen LogP contribution in [0, 0.1) is 5.82 Å². The summed E-state index contributed by atoms with van der Waals surface area (Å²) in [5.74, 6) is -1.17. The van der Waals surface area contributed by atoms with Crippen LogP contribution in [0.3, 0.4) is 0 Å². The number of carboxylic acids is 1. The molecule has 0 amide bonds. The average molecular weight is 312 g/mol. The molecule has 1 heterocycles. The van der Waals surface area contributed by atoms with Crippen LogP contribution in [-0.4, -0.2) is 26.1 Å². The maximum atomic E-state index is 13.7. The summed E-state index contributed by atoms with van der Waals surface area (Å²) in [5.41, 5.74) is 1.26. The lowest BCUT2D eigenvalue weighted by Gasteiger charge is -2.02. The summed E-state index contributed by atoms with van der Waals surface area (Å²) in [6, 6.07) is 4.51. The minimum absolute atomic E-state index is 0.157. The van der Waals surface area contributed by atoms with Gasteiger partial charge >= 0.3 is 5.97 Å². The molecular weight excluding hydrogens is 297 g/mol. The van der Waals surface area contributed by atoms with Gasteiger partial charge in [0, 0.05) is 23.2 Å².